The van der Waals surface area contributed by atoms with Crippen molar-refractivity contribution in [2.45, 2.75) is 12.8 Å². The maximum absolute atomic E-state index is 9.91. The van der Waals surface area contributed by atoms with Crippen molar-refractivity contribution in [2.75, 3.05) is 0 Å². The smallest absolute Gasteiger partial charge is 0.229 e. The van der Waals surface area contributed by atoms with Gasteiger partial charge in [0.25, 0.3) is 0 Å². The fourth-order valence-corrected chi connectivity index (χ4v) is 3.87. The standard InChI is InChI=1S/C22H18N6O2/c1-13-11-16(27(2)25-13)18-15(12-23)21(24)30-22-19(18)20(17-9-6-10-29-17)26-28(22)14-7-4-3-5-8-14/h3-11,18H,24H2,1-2H3. The zero-order chi connectivity index (χ0) is 20.8. The van der Waals surface area contributed by atoms with Crippen molar-refractivity contribution in [2.24, 2.45) is 12.8 Å². The maximum Gasteiger partial charge on any atom is 0.229 e. The van der Waals surface area contributed by atoms with Gasteiger partial charge in [0.15, 0.2) is 5.76 Å². The van der Waals surface area contributed by atoms with E-state index in [2.05, 4.69) is 11.2 Å². The summed E-state index contributed by atoms with van der Waals surface area (Å²) in [5, 5.41) is 19.2. The Balaban J connectivity index is 1.85. The van der Waals surface area contributed by atoms with Crippen molar-refractivity contribution < 1.29 is 9.15 Å². The number of furan rings is 1. The molecule has 5 rings (SSSR count). The number of hydrogen-bond acceptors (Lipinski definition) is 6. The van der Waals surface area contributed by atoms with E-state index in [9.17, 15) is 5.26 Å². The third-order valence-corrected chi connectivity index (χ3v) is 5.14. The summed E-state index contributed by atoms with van der Waals surface area (Å²) in [4.78, 5) is 0. The van der Waals surface area contributed by atoms with Gasteiger partial charge in [0, 0.05) is 7.05 Å². The molecular weight excluding hydrogens is 380 g/mol. The number of ether oxygens (including phenoxy) is 1. The highest BCUT2D eigenvalue weighted by Gasteiger charge is 2.39. The van der Waals surface area contributed by atoms with Gasteiger partial charge in [0.1, 0.15) is 17.3 Å². The van der Waals surface area contributed by atoms with E-state index in [1.54, 1.807) is 21.7 Å². The molecule has 0 spiro atoms. The van der Waals surface area contributed by atoms with Crippen LogP contribution in [-0.4, -0.2) is 19.6 Å². The minimum atomic E-state index is -0.498. The van der Waals surface area contributed by atoms with Crippen molar-refractivity contribution in [3.05, 3.63) is 83.2 Å². The van der Waals surface area contributed by atoms with Crippen LogP contribution in [0.3, 0.4) is 0 Å². The minimum Gasteiger partial charge on any atom is -0.463 e. The van der Waals surface area contributed by atoms with Crippen LogP contribution in [0.15, 0.2) is 70.7 Å². The zero-order valence-electron chi connectivity index (χ0n) is 16.4. The number of aromatic nitrogens is 4. The van der Waals surface area contributed by atoms with Crippen LogP contribution in [0, 0.1) is 18.3 Å². The highest BCUT2D eigenvalue weighted by molar-refractivity contribution is 5.68. The van der Waals surface area contributed by atoms with E-state index in [0.717, 1.165) is 17.1 Å². The lowest BCUT2D eigenvalue weighted by Crippen LogP contribution is -2.23. The quantitative estimate of drug-likeness (QED) is 0.567. The normalized spacial score (nSPS) is 15.6. The molecule has 1 aromatic carbocycles. The first-order chi connectivity index (χ1) is 14.6. The van der Waals surface area contributed by atoms with Crippen LogP contribution in [0.25, 0.3) is 17.1 Å². The summed E-state index contributed by atoms with van der Waals surface area (Å²) in [7, 11) is 1.84. The number of nitrogens with zero attached hydrogens (tertiary/aromatic N) is 5. The summed E-state index contributed by atoms with van der Waals surface area (Å²) >= 11 is 0. The van der Waals surface area contributed by atoms with E-state index >= 15 is 0 Å². The van der Waals surface area contributed by atoms with Gasteiger partial charge in [-0.05, 0) is 37.3 Å². The molecule has 3 aromatic heterocycles. The molecule has 0 amide bonds. The van der Waals surface area contributed by atoms with Gasteiger partial charge in [0.2, 0.25) is 11.8 Å². The van der Waals surface area contributed by atoms with Crippen LogP contribution in [0.2, 0.25) is 0 Å². The van der Waals surface area contributed by atoms with Gasteiger partial charge in [-0.15, -0.1) is 0 Å². The van der Waals surface area contributed by atoms with Crippen LogP contribution >= 0.6 is 0 Å². The van der Waals surface area contributed by atoms with Crippen molar-refractivity contribution in [3.8, 4) is 29.1 Å². The first-order valence-corrected chi connectivity index (χ1v) is 9.39. The molecule has 1 unspecified atom stereocenters. The Morgan fingerprint density at radius 3 is 2.57 bits per heavy atom. The lowest BCUT2D eigenvalue weighted by molar-refractivity contribution is 0.365. The molecule has 1 aliphatic heterocycles. The second kappa shape index (κ2) is 6.67. The second-order valence-electron chi connectivity index (χ2n) is 7.05. The van der Waals surface area contributed by atoms with Crippen molar-refractivity contribution in [1.82, 2.24) is 19.6 Å². The Bertz CT molecular complexity index is 1310. The summed E-state index contributed by atoms with van der Waals surface area (Å²) < 4.78 is 15.1. The fraction of sp³-hybridized carbons (Fsp3) is 0.136. The predicted molar refractivity (Wildman–Crippen MR) is 109 cm³/mol. The monoisotopic (exact) mass is 398 g/mol. The summed E-state index contributed by atoms with van der Waals surface area (Å²) in [6, 6.07) is 17.4. The van der Waals surface area contributed by atoms with Crippen LogP contribution in [0.1, 0.15) is 22.9 Å². The molecule has 30 heavy (non-hydrogen) atoms. The number of aryl methyl sites for hydroxylation is 2. The SMILES string of the molecule is Cc1cc(C2C(C#N)=C(N)Oc3c2c(-c2ccco2)nn3-c2ccccc2)n(C)n1. The molecule has 4 heterocycles. The zero-order valence-corrected chi connectivity index (χ0v) is 16.4. The summed E-state index contributed by atoms with van der Waals surface area (Å²) in [6.45, 7) is 1.91. The maximum atomic E-state index is 9.91. The topological polar surface area (TPSA) is 108 Å². The van der Waals surface area contributed by atoms with E-state index in [4.69, 9.17) is 20.0 Å². The second-order valence-corrected chi connectivity index (χ2v) is 7.05. The average molecular weight is 398 g/mol. The highest BCUT2D eigenvalue weighted by Crippen LogP contribution is 2.47. The van der Waals surface area contributed by atoms with Crippen LogP contribution < -0.4 is 10.5 Å². The van der Waals surface area contributed by atoms with Crippen LogP contribution in [0.4, 0.5) is 0 Å². The van der Waals surface area contributed by atoms with E-state index in [1.807, 2.05) is 56.4 Å². The van der Waals surface area contributed by atoms with Gasteiger partial charge >= 0.3 is 0 Å². The Labute approximate surface area is 172 Å². The largest absolute Gasteiger partial charge is 0.463 e. The Morgan fingerprint density at radius 1 is 1.13 bits per heavy atom. The predicted octanol–water partition coefficient (Wildman–Crippen LogP) is 3.39. The van der Waals surface area contributed by atoms with E-state index in [-0.39, 0.29) is 5.88 Å². The molecular formula is C22H18N6O2. The van der Waals surface area contributed by atoms with E-state index < -0.39 is 5.92 Å². The fourth-order valence-electron chi connectivity index (χ4n) is 3.87. The number of para-hydroxylation sites is 1. The molecule has 0 aliphatic carbocycles. The summed E-state index contributed by atoms with van der Waals surface area (Å²) in [5.74, 6) is 0.582. The molecule has 0 saturated heterocycles. The van der Waals surface area contributed by atoms with Gasteiger partial charge in [-0.3, -0.25) is 4.68 Å². The minimum absolute atomic E-state index is 0.0527. The number of benzene rings is 1. The van der Waals surface area contributed by atoms with Crippen LogP contribution in [0.5, 0.6) is 5.88 Å². The first-order valence-electron chi connectivity index (χ1n) is 9.39. The molecule has 148 valence electrons. The Kier molecular flexibility index (Phi) is 3.96. The van der Waals surface area contributed by atoms with Gasteiger partial charge in [0.05, 0.1) is 34.8 Å². The summed E-state index contributed by atoms with van der Waals surface area (Å²) in [5.41, 5.74) is 10.3. The Morgan fingerprint density at radius 2 is 1.93 bits per heavy atom. The third kappa shape index (κ3) is 2.60. The van der Waals surface area contributed by atoms with Gasteiger partial charge < -0.3 is 14.9 Å². The van der Waals surface area contributed by atoms with Gasteiger partial charge in [-0.2, -0.15) is 20.1 Å². The molecule has 0 fully saturated rings. The molecule has 0 radical (unpaired) electrons. The number of nitriles is 1. The molecule has 8 nitrogen and oxygen atoms in total. The number of nitrogens with two attached hydrogens (primary N) is 1. The van der Waals surface area contributed by atoms with Gasteiger partial charge in [-0.1, -0.05) is 18.2 Å². The summed E-state index contributed by atoms with van der Waals surface area (Å²) in [6.07, 6.45) is 1.59. The molecule has 8 heteroatoms. The number of allylic oxidation sites excluding steroid dienone is 1. The average Bonchev–Trinajstić information content (AvgIpc) is 3.46. The van der Waals surface area contributed by atoms with Gasteiger partial charge in [-0.25, -0.2) is 0 Å². The number of hydrogen-bond donors (Lipinski definition) is 1. The molecule has 0 saturated carbocycles. The number of fused-ring (bicyclic) bond motifs is 1. The van der Waals surface area contributed by atoms with E-state index in [1.165, 1.54) is 0 Å². The third-order valence-electron chi connectivity index (χ3n) is 5.14. The lowest BCUT2D eigenvalue weighted by atomic mass is 9.86. The van der Waals surface area contributed by atoms with Crippen molar-refractivity contribution >= 4 is 0 Å². The lowest BCUT2D eigenvalue weighted by Gasteiger charge is -2.24. The highest BCUT2D eigenvalue weighted by atomic mass is 16.5. The van der Waals surface area contributed by atoms with E-state index in [0.29, 0.717) is 28.5 Å². The molecule has 1 aliphatic rings. The molecule has 0 bridgehead atoms. The molecule has 2 N–H and O–H groups in total. The number of rotatable bonds is 3. The molecule has 1 atom stereocenters. The Hall–Kier alpha value is -4.25. The van der Waals surface area contributed by atoms with Crippen molar-refractivity contribution in [3.63, 3.8) is 0 Å². The first kappa shape index (κ1) is 17.8. The van der Waals surface area contributed by atoms with Crippen LogP contribution in [-0.2, 0) is 7.05 Å². The van der Waals surface area contributed by atoms with Crippen molar-refractivity contribution in [1.29, 1.82) is 5.26 Å². The molecule has 4 aromatic rings.